The summed E-state index contributed by atoms with van der Waals surface area (Å²) in [6.07, 6.45) is 3.78. The Balaban J connectivity index is 2.14. The van der Waals surface area contributed by atoms with Gasteiger partial charge in [0, 0.05) is 19.3 Å². The Labute approximate surface area is 125 Å². The molecule has 0 atom stereocenters. The van der Waals surface area contributed by atoms with Crippen LogP contribution in [0.2, 0.25) is 0 Å². The minimum absolute atomic E-state index is 0.217. The largest absolute Gasteiger partial charge is 0.358 e. The Morgan fingerprint density at radius 2 is 1.86 bits per heavy atom. The topological polar surface area (TPSA) is 56.1 Å². The van der Waals surface area contributed by atoms with Crippen molar-refractivity contribution < 1.29 is 18.0 Å². The minimum atomic E-state index is -1.61. The average molecular weight is 309 g/mol. The molecular formula is C15H14F3N3O. The number of carbonyl (C=O) groups excluding carboxylic acids is 1. The van der Waals surface area contributed by atoms with Crippen LogP contribution in [0.5, 0.6) is 0 Å². The average Bonchev–Trinajstić information content (AvgIpc) is 2.55. The first-order chi connectivity index (χ1) is 10.5. The zero-order valence-corrected chi connectivity index (χ0v) is 11.7. The van der Waals surface area contributed by atoms with Gasteiger partial charge in [-0.25, -0.2) is 13.2 Å². The molecule has 1 aromatic rings. The first-order valence-corrected chi connectivity index (χ1v) is 6.84. The number of likely N-dealkylation sites (tertiary alicyclic amines) is 1. The summed E-state index contributed by atoms with van der Waals surface area (Å²) in [6, 6.07) is 3.48. The summed E-state index contributed by atoms with van der Waals surface area (Å²) in [4.78, 5) is 13.7. The van der Waals surface area contributed by atoms with Gasteiger partial charge in [0.05, 0.1) is 5.69 Å². The third-order valence-corrected chi connectivity index (χ3v) is 3.40. The maximum atomic E-state index is 13.5. The molecule has 1 N–H and O–H groups in total. The number of anilines is 1. The highest BCUT2D eigenvalue weighted by molar-refractivity contribution is 5.97. The predicted octanol–water partition coefficient (Wildman–Crippen LogP) is 2.94. The van der Waals surface area contributed by atoms with Gasteiger partial charge in [-0.1, -0.05) is 0 Å². The lowest BCUT2D eigenvalue weighted by atomic mass is 10.1. The van der Waals surface area contributed by atoms with Crippen LogP contribution in [0.25, 0.3) is 0 Å². The fraction of sp³-hybridized carbons (Fsp3) is 0.333. The molecule has 0 spiro atoms. The number of carbonyl (C=O) groups is 1. The molecule has 22 heavy (non-hydrogen) atoms. The molecule has 7 heteroatoms. The van der Waals surface area contributed by atoms with Crippen molar-refractivity contribution in [3.63, 3.8) is 0 Å². The van der Waals surface area contributed by atoms with E-state index in [4.69, 9.17) is 5.26 Å². The number of piperidine rings is 1. The number of benzene rings is 1. The SMILES string of the molecule is N#C/C(=C/Nc1ccc(F)c(F)c1F)C(=O)N1CCCCC1. The third-order valence-electron chi connectivity index (χ3n) is 3.40. The lowest BCUT2D eigenvalue weighted by molar-refractivity contribution is -0.127. The van der Waals surface area contributed by atoms with E-state index in [1.807, 2.05) is 0 Å². The Morgan fingerprint density at radius 3 is 2.50 bits per heavy atom. The minimum Gasteiger partial charge on any atom is -0.358 e. The van der Waals surface area contributed by atoms with E-state index in [-0.39, 0.29) is 11.3 Å². The van der Waals surface area contributed by atoms with Crippen LogP contribution in [-0.2, 0) is 4.79 Å². The molecule has 116 valence electrons. The molecule has 0 aromatic heterocycles. The molecular weight excluding hydrogens is 295 g/mol. The predicted molar refractivity (Wildman–Crippen MR) is 74.1 cm³/mol. The quantitative estimate of drug-likeness (QED) is 0.530. The molecule has 0 bridgehead atoms. The van der Waals surface area contributed by atoms with Gasteiger partial charge >= 0.3 is 0 Å². The van der Waals surface area contributed by atoms with Crippen LogP contribution in [0.3, 0.4) is 0 Å². The zero-order chi connectivity index (χ0) is 16.1. The Morgan fingerprint density at radius 1 is 1.18 bits per heavy atom. The summed E-state index contributed by atoms with van der Waals surface area (Å²) in [5.41, 5.74) is -0.566. The second-order valence-electron chi connectivity index (χ2n) is 4.89. The molecule has 1 fully saturated rings. The van der Waals surface area contributed by atoms with Crippen molar-refractivity contribution in [2.45, 2.75) is 19.3 Å². The van der Waals surface area contributed by atoms with Crippen LogP contribution >= 0.6 is 0 Å². The van der Waals surface area contributed by atoms with Gasteiger partial charge in [0.15, 0.2) is 17.5 Å². The van der Waals surface area contributed by atoms with E-state index >= 15 is 0 Å². The van der Waals surface area contributed by atoms with Crippen molar-refractivity contribution in [3.05, 3.63) is 41.4 Å². The van der Waals surface area contributed by atoms with Gasteiger partial charge in [0.25, 0.3) is 5.91 Å². The van der Waals surface area contributed by atoms with Crippen molar-refractivity contribution in [1.82, 2.24) is 4.90 Å². The molecule has 4 nitrogen and oxygen atoms in total. The molecule has 0 radical (unpaired) electrons. The van der Waals surface area contributed by atoms with Gasteiger partial charge in [0.1, 0.15) is 11.6 Å². The Hall–Kier alpha value is -2.49. The van der Waals surface area contributed by atoms with E-state index in [9.17, 15) is 18.0 Å². The third kappa shape index (κ3) is 3.39. The highest BCUT2D eigenvalue weighted by atomic mass is 19.2. The number of amides is 1. The fourth-order valence-corrected chi connectivity index (χ4v) is 2.20. The van der Waals surface area contributed by atoms with Crippen molar-refractivity contribution in [3.8, 4) is 6.07 Å². The first kappa shape index (κ1) is 15.9. The van der Waals surface area contributed by atoms with Gasteiger partial charge in [-0.3, -0.25) is 4.79 Å². The normalized spacial score (nSPS) is 15.4. The van der Waals surface area contributed by atoms with Crippen molar-refractivity contribution in [2.75, 3.05) is 18.4 Å². The summed E-state index contributed by atoms with van der Waals surface area (Å²) >= 11 is 0. The molecule has 0 saturated carbocycles. The summed E-state index contributed by atoms with van der Waals surface area (Å²) in [6.45, 7) is 1.13. The number of halogens is 3. The second kappa shape index (κ2) is 6.98. The monoisotopic (exact) mass is 309 g/mol. The van der Waals surface area contributed by atoms with Crippen molar-refractivity contribution in [1.29, 1.82) is 5.26 Å². The summed E-state index contributed by atoms with van der Waals surface area (Å²) in [5, 5.41) is 11.4. The number of rotatable bonds is 3. The lowest BCUT2D eigenvalue weighted by Crippen LogP contribution is -2.36. The highest BCUT2D eigenvalue weighted by Crippen LogP contribution is 2.20. The number of hydrogen-bond donors (Lipinski definition) is 1. The van der Waals surface area contributed by atoms with E-state index in [1.54, 1.807) is 11.0 Å². The van der Waals surface area contributed by atoms with Crippen LogP contribution in [0, 0.1) is 28.8 Å². The number of nitrogens with one attached hydrogen (secondary N) is 1. The first-order valence-electron chi connectivity index (χ1n) is 6.84. The molecule has 1 saturated heterocycles. The molecule has 1 amide bonds. The molecule has 1 aliphatic heterocycles. The van der Waals surface area contributed by atoms with E-state index in [0.29, 0.717) is 13.1 Å². The van der Waals surface area contributed by atoms with Crippen LogP contribution in [-0.4, -0.2) is 23.9 Å². The number of nitrogens with zero attached hydrogens (tertiary/aromatic N) is 2. The van der Waals surface area contributed by atoms with Crippen LogP contribution in [0.4, 0.5) is 18.9 Å². The summed E-state index contributed by atoms with van der Waals surface area (Å²) in [7, 11) is 0. The van der Waals surface area contributed by atoms with E-state index in [2.05, 4.69) is 5.32 Å². The Kier molecular flexibility index (Phi) is 5.04. The smallest absolute Gasteiger partial charge is 0.266 e. The maximum absolute atomic E-state index is 13.5. The van der Waals surface area contributed by atoms with Gasteiger partial charge in [-0.2, -0.15) is 5.26 Å². The highest BCUT2D eigenvalue weighted by Gasteiger charge is 2.20. The molecule has 1 aliphatic rings. The Bertz CT molecular complexity index is 646. The molecule has 1 aromatic carbocycles. The molecule has 1 heterocycles. The lowest BCUT2D eigenvalue weighted by Gasteiger charge is -2.26. The van der Waals surface area contributed by atoms with E-state index in [1.165, 1.54) is 0 Å². The molecule has 0 aliphatic carbocycles. The summed E-state index contributed by atoms with van der Waals surface area (Å²) < 4.78 is 39.4. The zero-order valence-electron chi connectivity index (χ0n) is 11.7. The van der Waals surface area contributed by atoms with Crippen LogP contribution < -0.4 is 5.32 Å². The van der Waals surface area contributed by atoms with Crippen LogP contribution in [0.1, 0.15) is 19.3 Å². The standard InChI is InChI=1S/C15H14F3N3O/c16-11-4-5-12(14(18)13(11)17)20-9-10(8-19)15(22)21-6-2-1-3-7-21/h4-5,9,20H,1-3,6-7H2/b10-9-. The van der Waals surface area contributed by atoms with Gasteiger partial charge in [0.2, 0.25) is 0 Å². The molecule has 2 rings (SSSR count). The fourth-order valence-electron chi connectivity index (χ4n) is 2.20. The van der Waals surface area contributed by atoms with Gasteiger partial charge in [-0.15, -0.1) is 0 Å². The van der Waals surface area contributed by atoms with E-state index in [0.717, 1.165) is 37.6 Å². The van der Waals surface area contributed by atoms with Gasteiger partial charge in [-0.05, 0) is 31.4 Å². The van der Waals surface area contributed by atoms with E-state index < -0.39 is 23.4 Å². The maximum Gasteiger partial charge on any atom is 0.266 e. The molecule has 0 unspecified atom stereocenters. The van der Waals surface area contributed by atoms with Crippen molar-refractivity contribution >= 4 is 11.6 Å². The van der Waals surface area contributed by atoms with Crippen molar-refractivity contribution in [2.24, 2.45) is 0 Å². The number of nitriles is 1. The second-order valence-corrected chi connectivity index (χ2v) is 4.89. The summed E-state index contributed by atoms with van der Waals surface area (Å²) in [5.74, 6) is -4.78. The number of hydrogen-bond acceptors (Lipinski definition) is 3. The van der Waals surface area contributed by atoms with Crippen LogP contribution in [0.15, 0.2) is 23.9 Å². The van der Waals surface area contributed by atoms with Gasteiger partial charge < -0.3 is 10.2 Å².